The Hall–Kier alpha value is -3.01. The third-order valence-corrected chi connectivity index (χ3v) is 4.55. The fraction of sp³-hybridized carbons (Fsp3) is 0.227. The first kappa shape index (κ1) is 17.8. The molecule has 0 amide bonds. The number of phenolic OH excluding ortho intramolecular Hbond substituents is 1. The average molecular weight is 350 g/mol. The van der Waals surface area contributed by atoms with E-state index in [1.54, 1.807) is 19.3 Å². The van der Waals surface area contributed by atoms with Crippen molar-refractivity contribution in [1.29, 1.82) is 0 Å². The van der Waals surface area contributed by atoms with Gasteiger partial charge in [-0.15, -0.1) is 0 Å². The maximum Gasteiger partial charge on any atom is 0.162 e. The Morgan fingerprint density at radius 3 is 2.42 bits per heavy atom. The quantitative estimate of drug-likeness (QED) is 0.802. The van der Waals surface area contributed by atoms with Crippen molar-refractivity contribution in [2.45, 2.75) is 18.8 Å². The first-order valence-corrected chi connectivity index (χ1v) is 8.56. The minimum Gasteiger partial charge on any atom is -0.504 e. The van der Waals surface area contributed by atoms with E-state index < -0.39 is 0 Å². The summed E-state index contributed by atoms with van der Waals surface area (Å²) in [6, 6.07) is 11.3. The summed E-state index contributed by atoms with van der Waals surface area (Å²) in [5.41, 5.74) is 2.51. The summed E-state index contributed by atoms with van der Waals surface area (Å²) in [5.74, 6) is 0.912. The second-order valence-corrected chi connectivity index (χ2v) is 6.20. The molecule has 0 bridgehead atoms. The highest BCUT2D eigenvalue weighted by Crippen LogP contribution is 2.39. The summed E-state index contributed by atoms with van der Waals surface area (Å²) < 4.78 is 10.5. The van der Waals surface area contributed by atoms with E-state index in [1.165, 1.54) is 7.11 Å². The van der Waals surface area contributed by atoms with Gasteiger partial charge in [0, 0.05) is 5.56 Å². The number of rotatable bonds is 5. The highest BCUT2D eigenvalue weighted by Gasteiger charge is 2.25. The van der Waals surface area contributed by atoms with E-state index in [-0.39, 0.29) is 17.5 Å². The topological polar surface area (TPSA) is 55.8 Å². The number of benzene rings is 2. The van der Waals surface area contributed by atoms with Crippen LogP contribution in [0.25, 0.3) is 12.2 Å². The van der Waals surface area contributed by atoms with Crippen LogP contribution in [0.3, 0.4) is 0 Å². The Bertz CT molecular complexity index is 847. The van der Waals surface area contributed by atoms with Crippen LogP contribution >= 0.6 is 0 Å². The van der Waals surface area contributed by atoms with Crippen molar-refractivity contribution in [2.24, 2.45) is 0 Å². The van der Waals surface area contributed by atoms with Gasteiger partial charge in [-0.25, -0.2) is 0 Å². The third-order valence-electron chi connectivity index (χ3n) is 4.55. The molecule has 1 unspecified atom stereocenters. The molecule has 0 saturated carbocycles. The van der Waals surface area contributed by atoms with Crippen LogP contribution in [0.5, 0.6) is 17.2 Å². The molecule has 4 heteroatoms. The first-order valence-electron chi connectivity index (χ1n) is 8.56. The molecule has 0 spiro atoms. The summed E-state index contributed by atoms with van der Waals surface area (Å²) >= 11 is 0. The SMILES string of the molecule is COc1ccc(/C=C/c2cc(OC)c(O)c(C3CCC=CC3=O)c2)cc1. The predicted molar refractivity (Wildman–Crippen MR) is 103 cm³/mol. The molecule has 0 saturated heterocycles. The van der Waals surface area contributed by atoms with Gasteiger partial charge in [0.15, 0.2) is 17.3 Å². The van der Waals surface area contributed by atoms with E-state index in [0.29, 0.717) is 17.7 Å². The first-order chi connectivity index (χ1) is 12.6. The number of ketones is 1. The highest BCUT2D eigenvalue weighted by molar-refractivity contribution is 5.97. The Labute approximate surface area is 153 Å². The molecule has 2 aromatic rings. The van der Waals surface area contributed by atoms with E-state index in [4.69, 9.17) is 9.47 Å². The molecule has 0 aliphatic heterocycles. The number of phenols is 1. The molecule has 0 fully saturated rings. The van der Waals surface area contributed by atoms with Crippen molar-refractivity contribution in [3.05, 3.63) is 65.2 Å². The second-order valence-electron chi connectivity index (χ2n) is 6.20. The summed E-state index contributed by atoms with van der Waals surface area (Å²) in [5, 5.41) is 10.5. The average Bonchev–Trinajstić information content (AvgIpc) is 2.68. The minimum atomic E-state index is -0.330. The van der Waals surface area contributed by atoms with E-state index in [9.17, 15) is 9.90 Å². The highest BCUT2D eigenvalue weighted by atomic mass is 16.5. The molecule has 1 aliphatic carbocycles. The van der Waals surface area contributed by atoms with E-state index in [0.717, 1.165) is 23.3 Å². The van der Waals surface area contributed by atoms with Crippen molar-refractivity contribution < 1.29 is 19.4 Å². The van der Waals surface area contributed by atoms with Crippen molar-refractivity contribution in [3.63, 3.8) is 0 Å². The zero-order valence-electron chi connectivity index (χ0n) is 14.9. The van der Waals surface area contributed by atoms with Crippen LogP contribution < -0.4 is 9.47 Å². The molecular weight excluding hydrogens is 328 g/mol. The Kier molecular flexibility index (Phi) is 5.42. The van der Waals surface area contributed by atoms with Gasteiger partial charge in [0.2, 0.25) is 0 Å². The lowest BCUT2D eigenvalue weighted by molar-refractivity contribution is -0.116. The summed E-state index contributed by atoms with van der Waals surface area (Å²) in [6.07, 6.45) is 8.90. The molecule has 0 heterocycles. The summed E-state index contributed by atoms with van der Waals surface area (Å²) in [6.45, 7) is 0. The number of ether oxygens (including phenoxy) is 2. The summed E-state index contributed by atoms with van der Waals surface area (Å²) in [4.78, 5) is 12.2. The maximum atomic E-state index is 12.2. The van der Waals surface area contributed by atoms with Gasteiger partial charge in [0.05, 0.1) is 20.1 Å². The maximum absolute atomic E-state index is 12.2. The number of carbonyl (C=O) groups excluding carboxylic acids is 1. The Morgan fingerprint density at radius 1 is 1.04 bits per heavy atom. The lowest BCUT2D eigenvalue weighted by Crippen LogP contribution is -2.13. The molecule has 0 aromatic heterocycles. The number of allylic oxidation sites excluding steroid dienone is 2. The van der Waals surface area contributed by atoms with E-state index in [1.807, 2.05) is 48.6 Å². The largest absolute Gasteiger partial charge is 0.504 e. The molecule has 26 heavy (non-hydrogen) atoms. The molecular formula is C22H22O4. The van der Waals surface area contributed by atoms with Crippen LogP contribution in [-0.4, -0.2) is 25.1 Å². The summed E-state index contributed by atoms with van der Waals surface area (Å²) in [7, 11) is 3.15. The lowest BCUT2D eigenvalue weighted by atomic mass is 9.85. The number of aromatic hydroxyl groups is 1. The van der Waals surface area contributed by atoms with Gasteiger partial charge in [-0.2, -0.15) is 0 Å². The number of carbonyl (C=O) groups is 1. The van der Waals surface area contributed by atoms with Gasteiger partial charge < -0.3 is 14.6 Å². The Balaban J connectivity index is 1.93. The predicted octanol–water partition coefficient (Wildman–Crippen LogP) is 4.58. The van der Waals surface area contributed by atoms with Gasteiger partial charge in [-0.1, -0.05) is 30.4 Å². The van der Waals surface area contributed by atoms with Gasteiger partial charge >= 0.3 is 0 Å². The van der Waals surface area contributed by atoms with Crippen LogP contribution in [0.15, 0.2) is 48.6 Å². The minimum absolute atomic E-state index is 0.0184. The van der Waals surface area contributed by atoms with E-state index in [2.05, 4.69) is 0 Å². The van der Waals surface area contributed by atoms with Crippen LogP contribution in [0.4, 0.5) is 0 Å². The molecule has 2 aromatic carbocycles. The van der Waals surface area contributed by atoms with Crippen LogP contribution in [0, 0.1) is 0 Å². The van der Waals surface area contributed by atoms with Crippen molar-refractivity contribution in [1.82, 2.24) is 0 Å². The normalized spacial score (nSPS) is 16.8. The zero-order chi connectivity index (χ0) is 18.5. The fourth-order valence-electron chi connectivity index (χ4n) is 3.11. The molecule has 1 N–H and O–H groups in total. The van der Waals surface area contributed by atoms with Crippen molar-refractivity contribution in [3.8, 4) is 17.2 Å². The fourth-order valence-corrected chi connectivity index (χ4v) is 3.11. The third kappa shape index (κ3) is 3.80. The molecule has 134 valence electrons. The molecule has 1 aliphatic rings. The standard InChI is InChI=1S/C22H22O4/c1-25-17-11-9-15(10-12-17)7-8-16-13-19(22(24)21(14-16)26-2)18-5-3-4-6-20(18)23/h4,6-14,18,24H,3,5H2,1-2H3/b8-7+. The van der Waals surface area contributed by atoms with Gasteiger partial charge in [-0.05, 0) is 54.3 Å². The van der Waals surface area contributed by atoms with Crippen LogP contribution in [0.2, 0.25) is 0 Å². The number of hydrogen-bond acceptors (Lipinski definition) is 4. The molecule has 3 rings (SSSR count). The van der Waals surface area contributed by atoms with Crippen molar-refractivity contribution in [2.75, 3.05) is 14.2 Å². The molecule has 0 radical (unpaired) electrons. The van der Waals surface area contributed by atoms with Crippen molar-refractivity contribution >= 4 is 17.9 Å². The van der Waals surface area contributed by atoms with E-state index >= 15 is 0 Å². The number of hydrogen-bond donors (Lipinski definition) is 1. The van der Waals surface area contributed by atoms with Gasteiger partial charge in [0.25, 0.3) is 0 Å². The molecule has 4 nitrogen and oxygen atoms in total. The zero-order valence-corrected chi connectivity index (χ0v) is 14.9. The van der Waals surface area contributed by atoms with Crippen LogP contribution in [-0.2, 0) is 4.79 Å². The monoisotopic (exact) mass is 350 g/mol. The lowest BCUT2D eigenvalue weighted by Gasteiger charge is -2.20. The Morgan fingerprint density at radius 2 is 1.77 bits per heavy atom. The smallest absolute Gasteiger partial charge is 0.162 e. The van der Waals surface area contributed by atoms with Crippen LogP contribution in [0.1, 0.15) is 35.4 Å². The number of methoxy groups -OCH3 is 2. The molecule has 1 atom stereocenters. The second kappa shape index (κ2) is 7.91. The van der Waals surface area contributed by atoms with Gasteiger partial charge in [-0.3, -0.25) is 4.79 Å². The van der Waals surface area contributed by atoms with Gasteiger partial charge in [0.1, 0.15) is 5.75 Å².